The summed E-state index contributed by atoms with van der Waals surface area (Å²) in [4.78, 5) is 15.1. The van der Waals surface area contributed by atoms with Crippen LogP contribution in [0.25, 0.3) is 10.9 Å². The van der Waals surface area contributed by atoms with E-state index in [-0.39, 0.29) is 17.0 Å². The average molecular weight is 314 g/mol. The van der Waals surface area contributed by atoms with Gasteiger partial charge >= 0.3 is 0 Å². The Bertz CT molecular complexity index is 884. The Balaban J connectivity index is 1.84. The van der Waals surface area contributed by atoms with Gasteiger partial charge in [-0.15, -0.1) is 0 Å². The third-order valence-electron chi connectivity index (χ3n) is 3.94. The van der Waals surface area contributed by atoms with Crippen LogP contribution < -0.4 is 10.7 Å². The molecule has 0 fully saturated rings. The number of hydrogen-bond donors (Lipinski definition) is 2. The lowest BCUT2D eigenvalue weighted by atomic mass is 10.1. The second kappa shape index (κ2) is 6.34. The molecule has 2 aromatic heterocycles. The van der Waals surface area contributed by atoms with Gasteiger partial charge in [0.05, 0.1) is 11.7 Å². The van der Waals surface area contributed by atoms with Crippen molar-refractivity contribution in [3.63, 3.8) is 0 Å². The molecule has 2 N–H and O–H groups in total. The second-order valence-corrected chi connectivity index (χ2v) is 5.61. The normalized spacial score (nSPS) is 12.7. The molecule has 0 saturated carbocycles. The van der Waals surface area contributed by atoms with Gasteiger partial charge < -0.3 is 10.3 Å². The second-order valence-electron chi connectivity index (χ2n) is 5.61. The van der Waals surface area contributed by atoms with Crippen molar-refractivity contribution >= 4 is 10.9 Å². The molecule has 0 amide bonds. The molecule has 3 aromatic rings. The van der Waals surface area contributed by atoms with Crippen LogP contribution in [-0.4, -0.2) is 14.8 Å². The third kappa shape index (κ3) is 3.17. The molecule has 6 heteroatoms. The van der Waals surface area contributed by atoms with Crippen LogP contribution in [0.4, 0.5) is 4.39 Å². The van der Waals surface area contributed by atoms with Gasteiger partial charge in [0, 0.05) is 48.5 Å². The summed E-state index contributed by atoms with van der Waals surface area (Å²) in [5, 5.41) is 7.93. The fraction of sp³-hybridized carbons (Fsp3) is 0.294. The van der Waals surface area contributed by atoms with E-state index >= 15 is 0 Å². The molecule has 0 aliphatic heterocycles. The van der Waals surface area contributed by atoms with E-state index in [2.05, 4.69) is 22.3 Å². The number of pyridine rings is 1. The van der Waals surface area contributed by atoms with E-state index in [4.69, 9.17) is 0 Å². The molecule has 0 bridgehead atoms. The molecule has 23 heavy (non-hydrogen) atoms. The van der Waals surface area contributed by atoms with Crippen molar-refractivity contribution in [1.29, 1.82) is 0 Å². The zero-order chi connectivity index (χ0) is 16.4. The summed E-state index contributed by atoms with van der Waals surface area (Å²) in [5.74, 6) is -0.416. The van der Waals surface area contributed by atoms with Gasteiger partial charge in [-0.05, 0) is 18.6 Å². The molecule has 2 heterocycles. The van der Waals surface area contributed by atoms with E-state index in [9.17, 15) is 9.18 Å². The number of rotatable bonds is 5. The number of para-hydroxylation sites is 1. The Morgan fingerprint density at radius 3 is 2.96 bits per heavy atom. The topological polar surface area (TPSA) is 62.7 Å². The molecular formula is C17H19FN4O. The van der Waals surface area contributed by atoms with Crippen LogP contribution in [-0.2, 0) is 13.6 Å². The lowest BCUT2D eigenvalue weighted by Crippen LogP contribution is -2.21. The van der Waals surface area contributed by atoms with Crippen LogP contribution >= 0.6 is 0 Å². The molecule has 1 unspecified atom stereocenters. The minimum atomic E-state index is -0.416. The van der Waals surface area contributed by atoms with Crippen molar-refractivity contribution in [3.8, 4) is 0 Å². The monoisotopic (exact) mass is 314 g/mol. The maximum Gasteiger partial charge on any atom is 0.189 e. The van der Waals surface area contributed by atoms with Crippen LogP contribution in [0.5, 0.6) is 0 Å². The lowest BCUT2D eigenvalue weighted by Gasteiger charge is -2.15. The number of aromatic amines is 1. The van der Waals surface area contributed by atoms with Crippen LogP contribution in [0.3, 0.4) is 0 Å². The first-order chi connectivity index (χ1) is 11.1. The Hall–Kier alpha value is -2.47. The smallest absolute Gasteiger partial charge is 0.189 e. The van der Waals surface area contributed by atoms with Crippen molar-refractivity contribution in [3.05, 3.63) is 64.0 Å². The molecule has 1 aromatic carbocycles. The maximum atomic E-state index is 13.9. The van der Waals surface area contributed by atoms with Gasteiger partial charge in [-0.25, -0.2) is 4.39 Å². The SMILES string of the molecule is CCC(NCc1cc(=O)c2cccc(F)c2[nH]1)c1cnn(C)c1. The summed E-state index contributed by atoms with van der Waals surface area (Å²) >= 11 is 0. The number of nitrogens with zero attached hydrogens (tertiary/aromatic N) is 2. The Morgan fingerprint density at radius 1 is 1.43 bits per heavy atom. The van der Waals surface area contributed by atoms with Crippen LogP contribution in [0.1, 0.15) is 30.6 Å². The minimum Gasteiger partial charge on any atom is -0.355 e. The van der Waals surface area contributed by atoms with Gasteiger partial charge in [-0.1, -0.05) is 13.0 Å². The molecule has 120 valence electrons. The van der Waals surface area contributed by atoms with Gasteiger partial charge in [0.2, 0.25) is 0 Å². The quantitative estimate of drug-likeness (QED) is 0.761. The van der Waals surface area contributed by atoms with Gasteiger partial charge in [0.25, 0.3) is 0 Å². The van der Waals surface area contributed by atoms with Crippen molar-refractivity contribution in [1.82, 2.24) is 20.1 Å². The van der Waals surface area contributed by atoms with Crippen molar-refractivity contribution in [2.75, 3.05) is 0 Å². The van der Waals surface area contributed by atoms with Gasteiger partial charge in [0.1, 0.15) is 5.82 Å². The number of fused-ring (bicyclic) bond motifs is 1. The summed E-state index contributed by atoms with van der Waals surface area (Å²) in [6, 6.07) is 6.16. The van der Waals surface area contributed by atoms with Crippen molar-refractivity contribution in [2.24, 2.45) is 7.05 Å². The molecule has 0 saturated heterocycles. The number of nitrogens with one attached hydrogen (secondary N) is 2. The molecule has 0 radical (unpaired) electrons. The highest BCUT2D eigenvalue weighted by Gasteiger charge is 2.12. The average Bonchev–Trinajstić information content (AvgIpc) is 2.95. The first-order valence-electron chi connectivity index (χ1n) is 7.61. The number of hydrogen-bond acceptors (Lipinski definition) is 3. The summed E-state index contributed by atoms with van der Waals surface area (Å²) in [5.41, 5.74) is 1.83. The van der Waals surface area contributed by atoms with Crippen LogP contribution in [0, 0.1) is 5.82 Å². The lowest BCUT2D eigenvalue weighted by molar-refractivity contribution is 0.514. The first-order valence-corrected chi connectivity index (χ1v) is 7.61. The van der Waals surface area contributed by atoms with E-state index in [1.165, 1.54) is 12.1 Å². The van der Waals surface area contributed by atoms with Gasteiger partial charge in [-0.2, -0.15) is 5.10 Å². The summed E-state index contributed by atoms with van der Waals surface area (Å²) < 4.78 is 15.6. The van der Waals surface area contributed by atoms with Crippen molar-refractivity contribution in [2.45, 2.75) is 25.9 Å². The Kier molecular flexibility index (Phi) is 4.25. The fourth-order valence-corrected chi connectivity index (χ4v) is 2.74. The van der Waals surface area contributed by atoms with E-state index < -0.39 is 5.82 Å². The standard InChI is InChI=1S/C17H19FN4O/c1-3-15(11-8-20-22(2)10-11)19-9-12-7-16(23)13-5-4-6-14(18)17(13)21-12/h4-8,10,15,19H,3,9H2,1-2H3,(H,21,23). The molecule has 0 spiro atoms. The fourth-order valence-electron chi connectivity index (χ4n) is 2.74. The van der Waals surface area contributed by atoms with E-state index in [1.807, 2.05) is 19.4 Å². The zero-order valence-corrected chi connectivity index (χ0v) is 13.1. The van der Waals surface area contributed by atoms with Gasteiger partial charge in [-0.3, -0.25) is 9.48 Å². The minimum absolute atomic E-state index is 0.128. The summed E-state index contributed by atoms with van der Waals surface area (Å²) in [6.45, 7) is 2.53. The highest BCUT2D eigenvalue weighted by molar-refractivity contribution is 5.78. The number of halogens is 1. The third-order valence-corrected chi connectivity index (χ3v) is 3.94. The number of H-pyrrole nitrogens is 1. The maximum absolute atomic E-state index is 13.9. The van der Waals surface area contributed by atoms with E-state index in [0.29, 0.717) is 17.6 Å². The Morgan fingerprint density at radius 2 is 2.26 bits per heavy atom. The van der Waals surface area contributed by atoms with E-state index in [1.54, 1.807) is 16.8 Å². The predicted molar refractivity (Wildman–Crippen MR) is 87.6 cm³/mol. The highest BCUT2D eigenvalue weighted by atomic mass is 19.1. The molecular weight excluding hydrogens is 295 g/mol. The van der Waals surface area contributed by atoms with Crippen LogP contribution in [0.2, 0.25) is 0 Å². The number of aromatic nitrogens is 3. The Labute approximate surface area is 133 Å². The largest absolute Gasteiger partial charge is 0.355 e. The first kappa shape index (κ1) is 15.4. The summed E-state index contributed by atoms with van der Waals surface area (Å²) in [7, 11) is 1.87. The van der Waals surface area contributed by atoms with Crippen molar-refractivity contribution < 1.29 is 4.39 Å². The van der Waals surface area contributed by atoms with E-state index in [0.717, 1.165) is 12.0 Å². The molecule has 1 atom stereocenters. The molecule has 0 aliphatic carbocycles. The number of aryl methyl sites for hydroxylation is 1. The van der Waals surface area contributed by atoms with Crippen LogP contribution in [0.15, 0.2) is 41.5 Å². The molecule has 3 rings (SSSR count). The molecule has 0 aliphatic rings. The molecule has 5 nitrogen and oxygen atoms in total. The summed E-state index contributed by atoms with van der Waals surface area (Å²) in [6.07, 6.45) is 4.67. The zero-order valence-electron chi connectivity index (χ0n) is 13.1. The highest BCUT2D eigenvalue weighted by Crippen LogP contribution is 2.17. The van der Waals surface area contributed by atoms with Gasteiger partial charge in [0.15, 0.2) is 5.43 Å². The number of benzene rings is 1. The predicted octanol–water partition coefficient (Wildman–Crippen LogP) is 2.64.